The highest BCUT2D eigenvalue weighted by Gasteiger charge is 2.33. The van der Waals surface area contributed by atoms with Crippen LogP contribution in [0.2, 0.25) is 0 Å². The molecule has 1 aliphatic heterocycles. The highest BCUT2D eigenvalue weighted by atomic mass is 32.2. The first-order valence-electron chi connectivity index (χ1n) is 5.81. The van der Waals surface area contributed by atoms with E-state index < -0.39 is 16.1 Å². The molecule has 100 valence electrons. The summed E-state index contributed by atoms with van der Waals surface area (Å²) in [6, 6.07) is -0.448. The van der Waals surface area contributed by atoms with Crippen LogP contribution in [0.25, 0.3) is 0 Å². The van der Waals surface area contributed by atoms with Crippen molar-refractivity contribution in [3.05, 3.63) is 0 Å². The molecule has 1 saturated heterocycles. The van der Waals surface area contributed by atoms with E-state index in [0.717, 1.165) is 12.8 Å². The van der Waals surface area contributed by atoms with Gasteiger partial charge in [0, 0.05) is 20.3 Å². The Kier molecular flexibility index (Phi) is 5.35. The van der Waals surface area contributed by atoms with Crippen molar-refractivity contribution in [3.8, 4) is 0 Å². The van der Waals surface area contributed by atoms with Crippen LogP contribution in [0.4, 0.5) is 0 Å². The number of nitrogens with two attached hydrogens (primary N) is 1. The third-order valence-corrected chi connectivity index (χ3v) is 4.88. The number of rotatable bonds is 6. The van der Waals surface area contributed by atoms with Crippen molar-refractivity contribution in [1.82, 2.24) is 4.31 Å². The lowest BCUT2D eigenvalue weighted by molar-refractivity contribution is 0.198. The Morgan fingerprint density at radius 1 is 1.53 bits per heavy atom. The van der Waals surface area contributed by atoms with E-state index in [1.54, 1.807) is 7.11 Å². The van der Waals surface area contributed by atoms with Gasteiger partial charge >= 0.3 is 0 Å². The van der Waals surface area contributed by atoms with Crippen LogP contribution in [0.3, 0.4) is 0 Å². The lowest BCUT2D eigenvalue weighted by Crippen LogP contribution is -2.50. The number of sulfonamides is 1. The molecule has 6 nitrogen and oxygen atoms in total. The molecule has 1 atom stereocenters. The first-order valence-corrected chi connectivity index (χ1v) is 7.42. The van der Waals surface area contributed by atoms with E-state index in [1.807, 2.05) is 0 Å². The van der Waals surface area contributed by atoms with Gasteiger partial charge in [0.05, 0.1) is 11.8 Å². The molecule has 0 bridgehead atoms. The lowest BCUT2D eigenvalue weighted by Gasteiger charge is -2.33. The SMILES string of the molecule is COCCCS(=O)(=O)N1CCCCC1C(=N)N. The number of methoxy groups -OCH3 is 1. The summed E-state index contributed by atoms with van der Waals surface area (Å²) >= 11 is 0. The third kappa shape index (κ3) is 3.93. The second-order valence-corrected chi connectivity index (χ2v) is 6.28. The molecule has 0 aliphatic carbocycles. The molecule has 1 unspecified atom stereocenters. The van der Waals surface area contributed by atoms with Crippen LogP contribution < -0.4 is 5.73 Å². The summed E-state index contributed by atoms with van der Waals surface area (Å²) < 4.78 is 30.4. The van der Waals surface area contributed by atoms with Gasteiger partial charge < -0.3 is 10.5 Å². The van der Waals surface area contributed by atoms with E-state index in [4.69, 9.17) is 15.9 Å². The van der Waals surface area contributed by atoms with Crippen molar-refractivity contribution < 1.29 is 13.2 Å². The summed E-state index contributed by atoms with van der Waals surface area (Å²) in [5, 5.41) is 7.46. The average Bonchev–Trinajstić information content (AvgIpc) is 2.29. The molecule has 7 heteroatoms. The van der Waals surface area contributed by atoms with Gasteiger partial charge in [-0.3, -0.25) is 5.41 Å². The predicted molar refractivity (Wildman–Crippen MR) is 66.5 cm³/mol. The Morgan fingerprint density at radius 2 is 2.24 bits per heavy atom. The summed E-state index contributed by atoms with van der Waals surface area (Å²) in [4.78, 5) is 0. The molecular weight excluding hydrogens is 242 g/mol. The van der Waals surface area contributed by atoms with Gasteiger partial charge in [0.15, 0.2) is 0 Å². The van der Waals surface area contributed by atoms with Crippen LogP contribution in [-0.2, 0) is 14.8 Å². The molecule has 0 radical (unpaired) electrons. The monoisotopic (exact) mass is 263 g/mol. The largest absolute Gasteiger partial charge is 0.386 e. The second-order valence-electron chi connectivity index (χ2n) is 4.24. The molecule has 1 aliphatic rings. The molecule has 0 saturated carbocycles. The molecule has 1 rings (SSSR count). The number of nitrogens with zero attached hydrogens (tertiary/aromatic N) is 1. The van der Waals surface area contributed by atoms with Crippen LogP contribution in [0.1, 0.15) is 25.7 Å². The van der Waals surface area contributed by atoms with Crippen molar-refractivity contribution in [2.24, 2.45) is 5.73 Å². The molecule has 0 spiro atoms. The number of ether oxygens (including phenoxy) is 1. The maximum Gasteiger partial charge on any atom is 0.214 e. The Labute approximate surface area is 103 Å². The third-order valence-electron chi connectivity index (χ3n) is 2.92. The van der Waals surface area contributed by atoms with Gasteiger partial charge in [-0.25, -0.2) is 8.42 Å². The minimum atomic E-state index is -3.32. The summed E-state index contributed by atoms with van der Waals surface area (Å²) in [5.41, 5.74) is 5.46. The Morgan fingerprint density at radius 3 is 2.82 bits per heavy atom. The maximum absolute atomic E-state index is 12.1. The van der Waals surface area contributed by atoms with E-state index in [-0.39, 0.29) is 11.6 Å². The minimum absolute atomic E-state index is 0.0555. The standard InChI is InChI=1S/C10H21N3O3S/c1-16-7-4-8-17(14,15)13-6-3-2-5-9(13)10(11)12/h9H,2-8H2,1H3,(H3,11,12). The Hall–Kier alpha value is -0.660. The number of nitrogens with one attached hydrogen (secondary N) is 1. The molecule has 0 aromatic carbocycles. The molecule has 0 aromatic heterocycles. The van der Waals surface area contributed by atoms with Crippen LogP contribution in [0.15, 0.2) is 0 Å². The molecule has 1 heterocycles. The van der Waals surface area contributed by atoms with Crippen LogP contribution in [-0.4, -0.2) is 50.6 Å². The molecular formula is C10H21N3O3S. The van der Waals surface area contributed by atoms with Crippen molar-refractivity contribution in [1.29, 1.82) is 5.41 Å². The van der Waals surface area contributed by atoms with Gasteiger partial charge in [-0.15, -0.1) is 0 Å². The smallest absolute Gasteiger partial charge is 0.214 e. The highest BCUT2D eigenvalue weighted by molar-refractivity contribution is 7.89. The zero-order chi connectivity index (χ0) is 12.9. The number of hydrogen-bond donors (Lipinski definition) is 2. The molecule has 3 N–H and O–H groups in total. The van der Waals surface area contributed by atoms with E-state index in [0.29, 0.717) is 26.0 Å². The van der Waals surface area contributed by atoms with Crippen molar-refractivity contribution in [2.45, 2.75) is 31.7 Å². The predicted octanol–water partition coefficient (Wildman–Crippen LogP) is 0.143. The highest BCUT2D eigenvalue weighted by Crippen LogP contribution is 2.21. The fourth-order valence-corrected chi connectivity index (χ4v) is 3.78. The fraction of sp³-hybridized carbons (Fsp3) is 0.900. The normalized spacial score (nSPS) is 22.5. The van der Waals surface area contributed by atoms with E-state index >= 15 is 0 Å². The van der Waals surface area contributed by atoms with Crippen molar-refractivity contribution >= 4 is 15.9 Å². The fourth-order valence-electron chi connectivity index (χ4n) is 2.05. The van der Waals surface area contributed by atoms with Crippen LogP contribution >= 0.6 is 0 Å². The number of piperidine rings is 1. The number of amidine groups is 1. The first-order chi connectivity index (χ1) is 7.99. The van der Waals surface area contributed by atoms with Crippen molar-refractivity contribution in [2.75, 3.05) is 26.0 Å². The molecule has 17 heavy (non-hydrogen) atoms. The van der Waals surface area contributed by atoms with Crippen LogP contribution in [0.5, 0.6) is 0 Å². The zero-order valence-electron chi connectivity index (χ0n) is 10.2. The summed E-state index contributed by atoms with van der Waals surface area (Å²) in [6.45, 7) is 0.900. The van der Waals surface area contributed by atoms with Crippen LogP contribution in [0, 0.1) is 5.41 Å². The van der Waals surface area contributed by atoms with Gasteiger partial charge in [0.2, 0.25) is 10.0 Å². The minimum Gasteiger partial charge on any atom is -0.386 e. The second kappa shape index (κ2) is 6.32. The maximum atomic E-state index is 12.1. The van der Waals surface area contributed by atoms with Crippen molar-refractivity contribution in [3.63, 3.8) is 0 Å². The van der Waals surface area contributed by atoms with Gasteiger partial charge in [0.25, 0.3) is 0 Å². The van der Waals surface area contributed by atoms with Gasteiger partial charge in [0.1, 0.15) is 5.84 Å². The summed E-state index contributed by atoms with van der Waals surface area (Å²) in [7, 11) is -1.77. The average molecular weight is 263 g/mol. The Balaban J connectivity index is 2.69. The topological polar surface area (TPSA) is 96.5 Å². The Bertz CT molecular complexity index is 356. The van der Waals surface area contributed by atoms with Gasteiger partial charge in [-0.05, 0) is 19.3 Å². The van der Waals surface area contributed by atoms with E-state index in [9.17, 15) is 8.42 Å². The molecule has 0 amide bonds. The lowest BCUT2D eigenvalue weighted by atomic mass is 10.0. The summed E-state index contributed by atoms with van der Waals surface area (Å²) in [5.74, 6) is 0.00460. The first kappa shape index (κ1) is 14.4. The molecule has 0 aromatic rings. The zero-order valence-corrected chi connectivity index (χ0v) is 11.0. The van der Waals surface area contributed by atoms with E-state index in [1.165, 1.54) is 4.31 Å². The van der Waals surface area contributed by atoms with Gasteiger partial charge in [-0.2, -0.15) is 4.31 Å². The number of hydrogen-bond acceptors (Lipinski definition) is 4. The molecule has 1 fully saturated rings. The summed E-state index contributed by atoms with van der Waals surface area (Å²) in [6.07, 6.45) is 2.89. The quantitative estimate of drug-likeness (QED) is 0.405. The van der Waals surface area contributed by atoms with E-state index in [2.05, 4.69) is 0 Å². The van der Waals surface area contributed by atoms with Gasteiger partial charge in [-0.1, -0.05) is 6.42 Å².